The van der Waals surface area contributed by atoms with E-state index in [1.807, 2.05) is 38.3 Å². The fraction of sp³-hybridized carbons (Fsp3) is 0.435. The fourth-order valence-electron chi connectivity index (χ4n) is 4.36. The Bertz CT molecular complexity index is 1130. The lowest BCUT2D eigenvalue weighted by Gasteiger charge is -2.19. The Kier molecular flexibility index (Phi) is 5.87. The quantitative estimate of drug-likeness (QED) is 0.593. The molecule has 4 rings (SSSR count). The van der Waals surface area contributed by atoms with Crippen LogP contribution in [0.25, 0.3) is 11.1 Å². The van der Waals surface area contributed by atoms with Gasteiger partial charge in [0.1, 0.15) is 5.00 Å². The van der Waals surface area contributed by atoms with Crippen LogP contribution in [0.5, 0.6) is 0 Å². The number of nitrogens with zero attached hydrogens (tertiary/aromatic N) is 2. The number of carbonyl (C=O) groups is 3. The molecule has 6 nitrogen and oxygen atoms in total. The molecular weight excluding hydrogens is 432 g/mol. The summed E-state index contributed by atoms with van der Waals surface area (Å²) < 4.78 is 1.98. The van der Waals surface area contributed by atoms with Crippen molar-refractivity contribution in [3.63, 3.8) is 0 Å². The van der Waals surface area contributed by atoms with E-state index in [-0.39, 0.29) is 17.2 Å². The molecule has 2 aliphatic rings. The lowest BCUT2D eigenvalue weighted by Crippen LogP contribution is -2.36. The molecular formula is C23H26N2O4S2. The van der Waals surface area contributed by atoms with Gasteiger partial charge < -0.3 is 9.67 Å². The Balaban J connectivity index is 1.78. The van der Waals surface area contributed by atoms with Gasteiger partial charge >= 0.3 is 5.97 Å². The van der Waals surface area contributed by atoms with Gasteiger partial charge in [-0.15, -0.1) is 11.3 Å². The molecule has 1 N–H and O–H groups in total. The summed E-state index contributed by atoms with van der Waals surface area (Å²) in [4.78, 5) is 40.2. The largest absolute Gasteiger partial charge is 0.478 e. The maximum atomic E-state index is 12.8. The molecule has 31 heavy (non-hydrogen) atoms. The van der Waals surface area contributed by atoms with Crippen LogP contribution in [0.4, 0.5) is 4.79 Å². The molecule has 2 aromatic heterocycles. The number of hydrogen-bond donors (Lipinski definition) is 1. The first-order valence-corrected chi connectivity index (χ1v) is 12.2. The molecule has 0 radical (unpaired) electrons. The summed E-state index contributed by atoms with van der Waals surface area (Å²) in [7, 11) is 0. The number of rotatable bonds is 5. The van der Waals surface area contributed by atoms with Gasteiger partial charge in [-0.3, -0.25) is 14.5 Å². The average molecular weight is 459 g/mol. The molecule has 1 saturated heterocycles. The van der Waals surface area contributed by atoms with Crippen LogP contribution >= 0.6 is 23.1 Å². The highest BCUT2D eigenvalue weighted by Gasteiger charge is 2.38. The van der Waals surface area contributed by atoms with Crippen LogP contribution in [0.2, 0.25) is 0 Å². The molecule has 1 atom stereocenters. The monoisotopic (exact) mass is 458 g/mol. The number of aromatic nitrogens is 1. The number of thioether (sulfide) groups is 1. The smallest absolute Gasteiger partial charge is 0.339 e. The van der Waals surface area contributed by atoms with E-state index in [0.717, 1.165) is 65.0 Å². The first-order chi connectivity index (χ1) is 14.7. The van der Waals surface area contributed by atoms with Crippen LogP contribution in [-0.4, -0.2) is 37.7 Å². The number of imide groups is 1. The highest BCUT2D eigenvalue weighted by atomic mass is 32.2. The number of thiophene rings is 1. The van der Waals surface area contributed by atoms with E-state index in [1.165, 1.54) is 9.78 Å². The number of carboxylic acid groups (broad SMARTS) is 1. The van der Waals surface area contributed by atoms with Crippen molar-refractivity contribution in [3.05, 3.63) is 43.9 Å². The molecule has 8 heteroatoms. The molecule has 0 bridgehead atoms. The molecule has 0 saturated carbocycles. The molecule has 1 unspecified atom stereocenters. The predicted octanol–water partition coefficient (Wildman–Crippen LogP) is 5.57. The van der Waals surface area contributed by atoms with Crippen molar-refractivity contribution in [2.45, 2.75) is 65.8 Å². The Morgan fingerprint density at radius 3 is 2.65 bits per heavy atom. The Morgan fingerprint density at radius 1 is 1.26 bits per heavy atom. The van der Waals surface area contributed by atoms with Gasteiger partial charge in [-0.1, -0.05) is 6.92 Å². The summed E-state index contributed by atoms with van der Waals surface area (Å²) in [6.45, 7) is 7.70. The predicted molar refractivity (Wildman–Crippen MR) is 124 cm³/mol. The van der Waals surface area contributed by atoms with Gasteiger partial charge in [-0.2, -0.15) is 0 Å². The minimum Gasteiger partial charge on any atom is -0.478 e. The lowest BCUT2D eigenvalue weighted by atomic mass is 9.95. The van der Waals surface area contributed by atoms with Crippen molar-refractivity contribution in [3.8, 4) is 5.00 Å². The average Bonchev–Trinajstić information content (AvgIpc) is 3.32. The molecule has 1 aliphatic heterocycles. The highest BCUT2D eigenvalue weighted by molar-refractivity contribution is 8.18. The number of aromatic carboxylic acids is 1. The van der Waals surface area contributed by atoms with E-state index < -0.39 is 5.97 Å². The third-order valence-electron chi connectivity index (χ3n) is 6.18. The Labute approximate surface area is 189 Å². The van der Waals surface area contributed by atoms with E-state index in [4.69, 9.17) is 0 Å². The van der Waals surface area contributed by atoms with Crippen molar-refractivity contribution < 1.29 is 19.5 Å². The highest BCUT2D eigenvalue weighted by Crippen LogP contribution is 2.40. The lowest BCUT2D eigenvalue weighted by molar-refractivity contribution is -0.124. The fourth-order valence-corrected chi connectivity index (χ4v) is 6.77. The number of fused-ring (bicyclic) bond motifs is 1. The normalized spacial score (nSPS) is 18.7. The van der Waals surface area contributed by atoms with Crippen LogP contribution in [-0.2, 0) is 17.6 Å². The third-order valence-corrected chi connectivity index (χ3v) is 8.34. The zero-order valence-corrected chi connectivity index (χ0v) is 19.8. The van der Waals surface area contributed by atoms with Gasteiger partial charge in [0, 0.05) is 22.3 Å². The molecule has 164 valence electrons. The van der Waals surface area contributed by atoms with Gasteiger partial charge in [-0.25, -0.2) is 4.79 Å². The number of carbonyl (C=O) groups excluding carboxylic acids is 2. The zero-order chi connectivity index (χ0) is 22.4. The number of carboxylic acids is 1. The number of hydrogen-bond acceptors (Lipinski definition) is 5. The van der Waals surface area contributed by atoms with Crippen LogP contribution in [0, 0.1) is 13.8 Å². The van der Waals surface area contributed by atoms with Gasteiger partial charge in [0.25, 0.3) is 11.1 Å². The Morgan fingerprint density at radius 2 is 1.97 bits per heavy atom. The molecule has 1 aliphatic carbocycles. The van der Waals surface area contributed by atoms with Crippen molar-refractivity contribution >= 4 is 46.3 Å². The van der Waals surface area contributed by atoms with Gasteiger partial charge in [0.2, 0.25) is 0 Å². The second-order valence-electron chi connectivity index (χ2n) is 8.17. The maximum Gasteiger partial charge on any atom is 0.339 e. The minimum atomic E-state index is -0.891. The topological polar surface area (TPSA) is 79.6 Å². The number of aryl methyl sites for hydroxylation is 2. The van der Waals surface area contributed by atoms with Gasteiger partial charge in [0.15, 0.2) is 0 Å². The summed E-state index contributed by atoms with van der Waals surface area (Å²) >= 11 is 2.53. The summed E-state index contributed by atoms with van der Waals surface area (Å²) in [6.07, 6.45) is 6.32. The second-order valence-corrected chi connectivity index (χ2v) is 10.2. The van der Waals surface area contributed by atoms with Crippen LogP contribution in [0.3, 0.4) is 0 Å². The van der Waals surface area contributed by atoms with Gasteiger partial charge in [-0.05, 0) is 87.9 Å². The molecule has 2 aromatic rings. The zero-order valence-electron chi connectivity index (χ0n) is 18.2. The van der Waals surface area contributed by atoms with Crippen LogP contribution in [0.1, 0.15) is 70.9 Å². The SMILES string of the molecule is CCC(C)N1C(=O)SC(=Cc2cc(C)n(-c3sc4c(c3C(=O)O)CCCC4)c2C)C1=O. The first kappa shape index (κ1) is 21.9. The van der Waals surface area contributed by atoms with E-state index >= 15 is 0 Å². The van der Waals surface area contributed by atoms with Crippen molar-refractivity contribution in [1.29, 1.82) is 0 Å². The number of amides is 2. The first-order valence-electron chi connectivity index (χ1n) is 10.6. The summed E-state index contributed by atoms with van der Waals surface area (Å²) in [5, 5.41) is 10.4. The van der Waals surface area contributed by atoms with Crippen LogP contribution in [0.15, 0.2) is 11.0 Å². The van der Waals surface area contributed by atoms with Crippen molar-refractivity contribution in [2.24, 2.45) is 0 Å². The van der Waals surface area contributed by atoms with E-state index in [0.29, 0.717) is 16.9 Å². The van der Waals surface area contributed by atoms with E-state index in [1.54, 1.807) is 17.4 Å². The molecule has 1 fully saturated rings. The van der Waals surface area contributed by atoms with E-state index in [2.05, 4.69) is 0 Å². The Hall–Kier alpha value is -2.32. The minimum absolute atomic E-state index is 0.138. The van der Waals surface area contributed by atoms with Gasteiger partial charge in [0.05, 0.1) is 10.5 Å². The molecule has 0 spiro atoms. The standard InChI is InChI=1S/C23H26N2O4S2/c1-5-12(2)25-20(26)18(31-23(25)29)11-15-10-13(3)24(14(15)4)21-19(22(27)28)16-8-6-7-9-17(16)30-21/h10-12H,5-9H2,1-4H3,(H,27,28). The summed E-state index contributed by atoms with van der Waals surface area (Å²) in [6, 6.07) is 1.82. The second kappa shape index (κ2) is 8.31. The van der Waals surface area contributed by atoms with E-state index in [9.17, 15) is 19.5 Å². The molecule has 3 heterocycles. The maximum absolute atomic E-state index is 12.8. The van der Waals surface area contributed by atoms with Crippen molar-refractivity contribution in [1.82, 2.24) is 9.47 Å². The third kappa shape index (κ3) is 3.65. The molecule has 2 amide bonds. The summed E-state index contributed by atoms with van der Waals surface area (Å²) in [5.74, 6) is -1.15. The van der Waals surface area contributed by atoms with Crippen LogP contribution < -0.4 is 0 Å². The summed E-state index contributed by atoms with van der Waals surface area (Å²) in [5.41, 5.74) is 3.99. The molecule has 0 aromatic carbocycles. The van der Waals surface area contributed by atoms with Crippen molar-refractivity contribution in [2.75, 3.05) is 0 Å².